The zero-order valence-corrected chi connectivity index (χ0v) is 12.2. The molecule has 0 saturated heterocycles. The van der Waals surface area contributed by atoms with Crippen molar-refractivity contribution in [2.75, 3.05) is 5.73 Å². The molecule has 8 heteroatoms. The lowest BCUT2D eigenvalue weighted by Crippen LogP contribution is -2.43. The van der Waals surface area contributed by atoms with Crippen LogP contribution in [0.1, 0.15) is 32.6 Å². The minimum Gasteiger partial charge on any atom is -0.381 e. The number of hydrogen-bond acceptors (Lipinski definition) is 5. The molecule has 2 heterocycles. The molecule has 1 fully saturated rings. The summed E-state index contributed by atoms with van der Waals surface area (Å²) in [6.45, 7) is 1.94. The van der Waals surface area contributed by atoms with E-state index in [0.29, 0.717) is 4.96 Å². The lowest BCUT2D eigenvalue weighted by molar-refractivity contribution is 0.426. The Morgan fingerprint density at radius 1 is 1.47 bits per heavy atom. The van der Waals surface area contributed by atoms with E-state index in [1.165, 1.54) is 15.7 Å². The van der Waals surface area contributed by atoms with Gasteiger partial charge in [0.05, 0.1) is 0 Å². The largest absolute Gasteiger partial charge is 0.381 e. The number of sulfonamides is 1. The third kappa shape index (κ3) is 2.13. The first-order chi connectivity index (χ1) is 8.91. The van der Waals surface area contributed by atoms with E-state index in [-0.39, 0.29) is 16.4 Å². The zero-order chi connectivity index (χ0) is 13.7. The van der Waals surface area contributed by atoms with E-state index in [1.54, 1.807) is 11.6 Å². The molecule has 2 aromatic heterocycles. The molecule has 2 aromatic rings. The standard InChI is InChI=1S/C11H16N4O2S2/c1-11(4-2-3-5-11)14-19(16,17)9-8(12)13-10-15(9)6-7-18-10/h6-7,14H,2-5,12H2,1H3. The predicted octanol–water partition coefficient (Wildman–Crippen LogP) is 1.59. The van der Waals surface area contributed by atoms with Crippen LogP contribution in [0.5, 0.6) is 0 Å². The number of rotatable bonds is 3. The number of thiazole rings is 1. The molecule has 1 aliphatic carbocycles. The van der Waals surface area contributed by atoms with Crippen LogP contribution in [0.25, 0.3) is 4.96 Å². The average molecular weight is 300 g/mol. The highest BCUT2D eigenvalue weighted by molar-refractivity contribution is 7.89. The van der Waals surface area contributed by atoms with Crippen LogP contribution in [0, 0.1) is 0 Å². The normalized spacial score (nSPS) is 19.2. The third-order valence-corrected chi connectivity index (χ3v) is 6.02. The van der Waals surface area contributed by atoms with Crippen LogP contribution in [0.3, 0.4) is 0 Å². The Bertz CT molecular complexity index is 710. The van der Waals surface area contributed by atoms with Crippen molar-refractivity contribution >= 4 is 32.1 Å². The molecule has 0 aromatic carbocycles. The molecule has 1 saturated carbocycles. The van der Waals surface area contributed by atoms with Crippen molar-refractivity contribution in [1.29, 1.82) is 0 Å². The number of nitrogens with one attached hydrogen (secondary N) is 1. The average Bonchev–Trinajstić information content (AvgIpc) is 2.92. The molecule has 0 radical (unpaired) electrons. The summed E-state index contributed by atoms with van der Waals surface area (Å²) in [4.78, 5) is 4.67. The van der Waals surface area contributed by atoms with Gasteiger partial charge in [-0.15, -0.1) is 11.3 Å². The quantitative estimate of drug-likeness (QED) is 0.900. The van der Waals surface area contributed by atoms with Crippen molar-refractivity contribution in [3.8, 4) is 0 Å². The van der Waals surface area contributed by atoms with Crippen LogP contribution in [0.4, 0.5) is 5.82 Å². The summed E-state index contributed by atoms with van der Waals surface area (Å²) in [6, 6.07) is 0. The van der Waals surface area contributed by atoms with Gasteiger partial charge in [-0.2, -0.15) is 0 Å². The summed E-state index contributed by atoms with van der Waals surface area (Å²) in [5, 5.41) is 1.84. The molecule has 19 heavy (non-hydrogen) atoms. The molecular weight excluding hydrogens is 284 g/mol. The molecule has 0 amide bonds. The van der Waals surface area contributed by atoms with Gasteiger partial charge in [-0.25, -0.2) is 18.1 Å². The van der Waals surface area contributed by atoms with Crippen LogP contribution in [0.2, 0.25) is 0 Å². The third-order valence-electron chi connectivity index (χ3n) is 3.59. The number of aromatic nitrogens is 2. The molecule has 0 unspecified atom stereocenters. The number of nitrogens with zero attached hydrogens (tertiary/aromatic N) is 2. The van der Waals surface area contributed by atoms with Gasteiger partial charge in [-0.3, -0.25) is 4.40 Å². The first-order valence-electron chi connectivity index (χ1n) is 6.16. The van der Waals surface area contributed by atoms with E-state index in [0.717, 1.165) is 25.7 Å². The van der Waals surface area contributed by atoms with Crippen molar-refractivity contribution in [2.24, 2.45) is 0 Å². The first-order valence-corrected chi connectivity index (χ1v) is 8.53. The smallest absolute Gasteiger partial charge is 0.260 e. The maximum absolute atomic E-state index is 12.5. The van der Waals surface area contributed by atoms with Gasteiger partial charge >= 0.3 is 0 Å². The van der Waals surface area contributed by atoms with Gasteiger partial charge < -0.3 is 5.73 Å². The Morgan fingerprint density at radius 3 is 2.84 bits per heavy atom. The number of nitrogen functional groups attached to an aromatic ring is 1. The van der Waals surface area contributed by atoms with E-state index in [9.17, 15) is 8.42 Å². The lowest BCUT2D eigenvalue weighted by atomic mass is 10.0. The summed E-state index contributed by atoms with van der Waals surface area (Å²) in [6.07, 6.45) is 5.49. The van der Waals surface area contributed by atoms with Gasteiger partial charge in [0.25, 0.3) is 10.0 Å². The second kappa shape index (κ2) is 4.19. The van der Waals surface area contributed by atoms with Crippen LogP contribution in [-0.4, -0.2) is 23.3 Å². The van der Waals surface area contributed by atoms with Crippen molar-refractivity contribution in [3.63, 3.8) is 0 Å². The SMILES string of the molecule is CC1(NS(=O)(=O)c2c(N)nc3sccn23)CCCC1. The Kier molecular flexibility index (Phi) is 2.84. The summed E-state index contributed by atoms with van der Waals surface area (Å²) < 4.78 is 29.4. The summed E-state index contributed by atoms with van der Waals surface area (Å²) >= 11 is 1.36. The number of nitrogens with two attached hydrogens (primary N) is 1. The molecule has 3 rings (SSSR count). The molecule has 104 valence electrons. The Balaban J connectivity index is 2.04. The van der Waals surface area contributed by atoms with Crippen molar-refractivity contribution < 1.29 is 8.42 Å². The summed E-state index contributed by atoms with van der Waals surface area (Å²) in [5.41, 5.74) is 5.39. The van der Waals surface area contributed by atoms with E-state index >= 15 is 0 Å². The van der Waals surface area contributed by atoms with Gasteiger partial charge in [-0.1, -0.05) is 12.8 Å². The van der Waals surface area contributed by atoms with Crippen molar-refractivity contribution in [3.05, 3.63) is 11.6 Å². The fraction of sp³-hybridized carbons (Fsp3) is 0.545. The van der Waals surface area contributed by atoms with Gasteiger partial charge in [0.1, 0.15) is 0 Å². The summed E-state index contributed by atoms with van der Waals surface area (Å²) in [5.74, 6) is 0.0564. The number of imidazole rings is 1. The van der Waals surface area contributed by atoms with E-state index < -0.39 is 10.0 Å². The Morgan fingerprint density at radius 2 is 2.16 bits per heavy atom. The highest BCUT2D eigenvalue weighted by atomic mass is 32.2. The topological polar surface area (TPSA) is 89.5 Å². The number of hydrogen-bond donors (Lipinski definition) is 2. The van der Waals surface area contributed by atoms with Crippen LogP contribution < -0.4 is 10.5 Å². The van der Waals surface area contributed by atoms with Gasteiger partial charge in [0.15, 0.2) is 15.8 Å². The fourth-order valence-corrected chi connectivity index (χ4v) is 5.13. The maximum atomic E-state index is 12.5. The fourth-order valence-electron chi connectivity index (χ4n) is 2.68. The maximum Gasteiger partial charge on any atom is 0.260 e. The number of fused-ring (bicyclic) bond motifs is 1. The molecule has 3 N–H and O–H groups in total. The summed E-state index contributed by atoms with van der Waals surface area (Å²) in [7, 11) is -3.65. The van der Waals surface area contributed by atoms with E-state index in [1.807, 2.05) is 6.92 Å². The molecule has 0 aliphatic heterocycles. The second-order valence-corrected chi connectivity index (χ2v) is 7.70. The van der Waals surface area contributed by atoms with Crippen molar-refractivity contribution in [1.82, 2.24) is 14.1 Å². The first kappa shape index (κ1) is 12.9. The highest BCUT2D eigenvalue weighted by Gasteiger charge is 2.36. The molecule has 0 spiro atoms. The Labute approximate surface area is 115 Å². The monoisotopic (exact) mass is 300 g/mol. The van der Waals surface area contributed by atoms with Crippen LogP contribution in [0.15, 0.2) is 16.6 Å². The second-order valence-electron chi connectivity index (χ2n) is 5.23. The van der Waals surface area contributed by atoms with Gasteiger partial charge in [0, 0.05) is 17.1 Å². The van der Waals surface area contributed by atoms with Gasteiger partial charge in [0.2, 0.25) is 0 Å². The van der Waals surface area contributed by atoms with E-state index in [2.05, 4.69) is 9.71 Å². The van der Waals surface area contributed by atoms with Crippen molar-refractivity contribution in [2.45, 2.75) is 43.2 Å². The van der Waals surface area contributed by atoms with Crippen LogP contribution >= 0.6 is 11.3 Å². The lowest BCUT2D eigenvalue weighted by Gasteiger charge is -2.24. The molecule has 0 bridgehead atoms. The van der Waals surface area contributed by atoms with Crippen LogP contribution in [-0.2, 0) is 10.0 Å². The Hall–Kier alpha value is -1.12. The predicted molar refractivity (Wildman–Crippen MR) is 74.7 cm³/mol. The molecule has 6 nitrogen and oxygen atoms in total. The molecule has 1 aliphatic rings. The van der Waals surface area contributed by atoms with E-state index in [4.69, 9.17) is 5.73 Å². The molecule has 0 atom stereocenters. The minimum absolute atomic E-state index is 0.0527. The highest BCUT2D eigenvalue weighted by Crippen LogP contribution is 2.32. The zero-order valence-electron chi connectivity index (χ0n) is 10.6. The molecular formula is C11H16N4O2S2. The van der Waals surface area contributed by atoms with Gasteiger partial charge in [-0.05, 0) is 19.8 Å². The minimum atomic E-state index is -3.65. The number of anilines is 1.